The fourth-order valence-electron chi connectivity index (χ4n) is 4.58. The Morgan fingerprint density at radius 2 is 1.88 bits per heavy atom. The molecule has 1 heterocycles. The molecule has 2 amide bonds. The highest BCUT2D eigenvalue weighted by molar-refractivity contribution is 5.95. The van der Waals surface area contributed by atoms with Crippen LogP contribution in [0.3, 0.4) is 0 Å². The highest BCUT2D eigenvalue weighted by Gasteiger charge is 2.33. The smallest absolute Gasteiger partial charge is 0.251 e. The summed E-state index contributed by atoms with van der Waals surface area (Å²) in [4.78, 5) is 28.1. The van der Waals surface area contributed by atoms with Gasteiger partial charge < -0.3 is 20.1 Å². The van der Waals surface area contributed by atoms with Crippen molar-refractivity contribution in [2.45, 2.75) is 58.0 Å². The van der Waals surface area contributed by atoms with Crippen LogP contribution >= 0.6 is 0 Å². The molecule has 1 aromatic carbocycles. The number of benzene rings is 1. The SMILES string of the molecule is CC(C)C[C@@H](C#N)NC(=O)[C@@H]1CCCC[C@@H]1NC(=O)c1ccc(OCCN2CCOCC2)cc1. The number of nitriles is 1. The van der Waals surface area contributed by atoms with E-state index in [0.29, 0.717) is 30.9 Å². The molecule has 186 valence electrons. The molecule has 0 bridgehead atoms. The first kappa shape index (κ1) is 26.0. The molecular formula is C26H38N4O4. The number of nitrogens with one attached hydrogen (secondary N) is 2. The average Bonchev–Trinajstić information content (AvgIpc) is 2.84. The maximum absolute atomic E-state index is 12.9. The lowest BCUT2D eigenvalue weighted by Crippen LogP contribution is -2.50. The van der Waals surface area contributed by atoms with E-state index in [1.54, 1.807) is 12.1 Å². The topological polar surface area (TPSA) is 104 Å². The molecule has 3 rings (SSSR count). The lowest BCUT2D eigenvalue weighted by Gasteiger charge is -2.32. The summed E-state index contributed by atoms with van der Waals surface area (Å²) in [5.41, 5.74) is 0.542. The van der Waals surface area contributed by atoms with Gasteiger partial charge in [-0.05, 0) is 49.4 Å². The van der Waals surface area contributed by atoms with Crippen LogP contribution in [0.4, 0.5) is 0 Å². The molecule has 0 unspecified atom stereocenters. The first-order chi connectivity index (χ1) is 16.5. The Morgan fingerprint density at radius 1 is 1.18 bits per heavy atom. The van der Waals surface area contributed by atoms with Gasteiger partial charge in [0.15, 0.2) is 0 Å². The van der Waals surface area contributed by atoms with Crippen molar-refractivity contribution in [3.8, 4) is 11.8 Å². The van der Waals surface area contributed by atoms with Crippen molar-refractivity contribution in [2.24, 2.45) is 11.8 Å². The van der Waals surface area contributed by atoms with Crippen LogP contribution in [0.2, 0.25) is 0 Å². The molecule has 2 fully saturated rings. The lowest BCUT2D eigenvalue weighted by molar-refractivity contribution is -0.127. The van der Waals surface area contributed by atoms with Crippen LogP contribution in [-0.4, -0.2) is 68.3 Å². The quantitative estimate of drug-likeness (QED) is 0.545. The lowest BCUT2D eigenvalue weighted by atomic mass is 9.83. The molecule has 2 aliphatic rings. The molecule has 34 heavy (non-hydrogen) atoms. The minimum Gasteiger partial charge on any atom is -0.492 e. The van der Waals surface area contributed by atoms with E-state index in [1.807, 2.05) is 26.0 Å². The van der Waals surface area contributed by atoms with Gasteiger partial charge in [-0.2, -0.15) is 5.26 Å². The maximum atomic E-state index is 12.9. The van der Waals surface area contributed by atoms with Crippen molar-refractivity contribution in [1.82, 2.24) is 15.5 Å². The van der Waals surface area contributed by atoms with Gasteiger partial charge in [0.05, 0.1) is 25.2 Å². The fraction of sp³-hybridized carbons (Fsp3) is 0.654. The fourth-order valence-corrected chi connectivity index (χ4v) is 4.58. The number of rotatable bonds is 10. The zero-order valence-electron chi connectivity index (χ0n) is 20.4. The molecule has 2 N–H and O–H groups in total. The second-order valence-corrected chi connectivity index (χ2v) is 9.62. The number of amides is 2. The van der Waals surface area contributed by atoms with Crippen LogP contribution in [0.25, 0.3) is 0 Å². The Bertz CT molecular complexity index is 830. The van der Waals surface area contributed by atoms with Gasteiger partial charge in [0.25, 0.3) is 5.91 Å². The third kappa shape index (κ3) is 8.00. The van der Waals surface area contributed by atoms with Gasteiger partial charge in [0.2, 0.25) is 5.91 Å². The van der Waals surface area contributed by atoms with Crippen LogP contribution < -0.4 is 15.4 Å². The summed E-state index contributed by atoms with van der Waals surface area (Å²) in [5, 5.41) is 15.3. The first-order valence-corrected chi connectivity index (χ1v) is 12.5. The van der Waals surface area contributed by atoms with Gasteiger partial charge in [-0.1, -0.05) is 26.7 Å². The number of hydrogen-bond acceptors (Lipinski definition) is 6. The summed E-state index contributed by atoms with van der Waals surface area (Å²) >= 11 is 0. The van der Waals surface area contributed by atoms with E-state index in [1.165, 1.54) is 0 Å². The average molecular weight is 471 g/mol. The molecule has 0 aromatic heterocycles. The molecule has 1 aliphatic heterocycles. The third-order valence-electron chi connectivity index (χ3n) is 6.50. The van der Waals surface area contributed by atoms with Gasteiger partial charge in [-0.15, -0.1) is 0 Å². The maximum Gasteiger partial charge on any atom is 0.251 e. The van der Waals surface area contributed by atoms with Gasteiger partial charge in [0, 0.05) is 31.2 Å². The van der Waals surface area contributed by atoms with Crippen LogP contribution in [0.15, 0.2) is 24.3 Å². The number of carbonyl (C=O) groups excluding carboxylic acids is 2. The van der Waals surface area contributed by atoms with E-state index in [2.05, 4.69) is 21.6 Å². The highest BCUT2D eigenvalue weighted by Crippen LogP contribution is 2.25. The predicted molar refractivity (Wildman–Crippen MR) is 129 cm³/mol. The molecular weight excluding hydrogens is 432 g/mol. The van der Waals surface area contributed by atoms with Crippen molar-refractivity contribution in [3.63, 3.8) is 0 Å². The number of nitrogens with zero attached hydrogens (tertiary/aromatic N) is 2. The molecule has 1 saturated carbocycles. The molecule has 0 spiro atoms. The Kier molecular flexibility index (Phi) is 10.2. The highest BCUT2D eigenvalue weighted by atomic mass is 16.5. The summed E-state index contributed by atoms with van der Waals surface area (Å²) in [5.74, 6) is 0.402. The van der Waals surface area contributed by atoms with Gasteiger partial charge in [-0.25, -0.2) is 0 Å². The molecule has 1 aromatic rings. The zero-order chi connectivity index (χ0) is 24.3. The largest absolute Gasteiger partial charge is 0.492 e. The second-order valence-electron chi connectivity index (χ2n) is 9.62. The van der Waals surface area contributed by atoms with Crippen molar-refractivity contribution < 1.29 is 19.1 Å². The van der Waals surface area contributed by atoms with Crippen molar-refractivity contribution >= 4 is 11.8 Å². The molecule has 8 heteroatoms. The summed E-state index contributed by atoms with van der Waals surface area (Å²) in [6, 6.07) is 8.58. The summed E-state index contributed by atoms with van der Waals surface area (Å²) in [7, 11) is 0. The van der Waals surface area contributed by atoms with E-state index >= 15 is 0 Å². The summed E-state index contributed by atoms with van der Waals surface area (Å²) in [6.45, 7) is 8.88. The molecule has 1 aliphatic carbocycles. The Morgan fingerprint density at radius 3 is 2.56 bits per heavy atom. The van der Waals surface area contributed by atoms with Crippen LogP contribution in [0.1, 0.15) is 56.3 Å². The monoisotopic (exact) mass is 470 g/mol. The number of carbonyl (C=O) groups is 2. The molecule has 0 radical (unpaired) electrons. The van der Waals surface area contributed by atoms with Crippen molar-refractivity contribution in [3.05, 3.63) is 29.8 Å². The zero-order valence-corrected chi connectivity index (χ0v) is 20.4. The van der Waals surface area contributed by atoms with E-state index in [4.69, 9.17) is 9.47 Å². The van der Waals surface area contributed by atoms with Crippen molar-refractivity contribution in [1.29, 1.82) is 5.26 Å². The van der Waals surface area contributed by atoms with E-state index in [9.17, 15) is 14.9 Å². The van der Waals surface area contributed by atoms with Gasteiger partial charge in [-0.3, -0.25) is 14.5 Å². The summed E-state index contributed by atoms with van der Waals surface area (Å²) in [6.07, 6.45) is 4.01. The number of ether oxygens (including phenoxy) is 2. The second kappa shape index (κ2) is 13.3. The van der Waals surface area contributed by atoms with E-state index in [-0.39, 0.29) is 23.8 Å². The van der Waals surface area contributed by atoms with E-state index < -0.39 is 6.04 Å². The number of hydrogen-bond donors (Lipinski definition) is 2. The van der Waals surface area contributed by atoms with E-state index in [0.717, 1.165) is 57.9 Å². The normalized spacial score (nSPS) is 21.9. The van der Waals surface area contributed by atoms with Crippen LogP contribution in [0, 0.1) is 23.2 Å². The summed E-state index contributed by atoms with van der Waals surface area (Å²) < 4.78 is 11.2. The van der Waals surface area contributed by atoms with Crippen LogP contribution in [-0.2, 0) is 9.53 Å². The van der Waals surface area contributed by atoms with Crippen LogP contribution in [0.5, 0.6) is 5.75 Å². The Labute approximate surface area is 203 Å². The first-order valence-electron chi connectivity index (χ1n) is 12.5. The number of morpholine rings is 1. The minimum absolute atomic E-state index is 0.138. The minimum atomic E-state index is -0.499. The Hall–Kier alpha value is -2.63. The Balaban J connectivity index is 1.50. The standard InChI is InChI=1S/C26H38N4O4/c1-19(2)17-21(18-27)28-26(32)23-5-3-4-6-24(23)29-25(31)20-7-9-22(10-8-20)34-16-13-30-11-14-33-15-12-30/h7-10,19,21,23-24H,3-6,11-17H2,1-2H3,(H,28,32)(H,29,31)/t21-,23+,24-/m0/s1. The molecule has 8 nitrogen and oxygen atoms in total. The molecule has 3 atom stereocenters. The predicted octanol–water partition coefficient (Wildman–Crippen LogP) is 2.74. The third-order valence-corrected chi connectivity index (χ3v) is 6.50. The van der Waals surface area contributed by atoms with Crippen molar-refractivity contribution in [2.75, 3.05) is 39.5 Å². The molecule has 1 saturated heterocycles. The van der Waals surface area contributed by atoms with Gasteiger partial charge in [0.1, 0.15) is 18.4 Å². The van der Waals surface area contributed by atoms with Gasteiger partial charge >= 0.3 is 0 Å².